The molecule has 0 unspecified atom stereocenters. The average Bonchev–Trinajstić information content (AvgIpc) is 2.27. The Bertz CT molecular complexity index is 304. The molecule has 1 rings (SSSR count). The van der Waals surface area contributed by atoms with Crippen LogP contribution in [0.15, 0.2) is 0 Å². The van der Waals surface area contributed by atoms with Crippen molar-refractivity contribution in [1.82, 2.24) is 9.80 Å². The molecule has 1 fully saturated rings. The van der Waals surface area contributed by atoms with E-state index in [0.717, 1.165) is 0 Å². The summed E-state index contributed by atoms with van der Waals surface area (Å²) in [5.74, 6) is -1.02. The number of nitrogens with zero attached hydrogens (tertiary/aromatic N) is 2. The smallest absolute Gasteiger partial charge is 0.290 e. The van der Waals surface area contributed by atoms with Gasteiger partial charge in [-0.05, 0) is 0 Å². The highest BCUT2D eigenvalue weighted by atomic mass is 16.2. The van der Waals surface area contributed by atoms with E-state index < -0.39 is 5.91 Å². The first-order valence-electron chi connectivity index (χ1n) is 5.52. The highest BCUT2D eigenvalue weighted by Gasteiger charge is 2.27. The Morgan fingerprint density at radius 2 is 1.38 bits per heavy atom. The first kappa shape index (κ1) is 12.7. The zero-order valence-electron chi connectivity index (χ0n) is 10.0. The summed E-state index contributed by atoms with van der Waals surface area (Å²) < 4.78 is 0. The van der Waals surface area contributed by atoms with Gasteiger partial charge in [0.15, 0.2) is 0 Å². The maximum atomic E-state index is 11.7. The summed E-state index contributed by atoms with van der Waals surface area (Å²) in [5, 5.41) is 0. The Morgan fingerprint density at radius 3 is 1.75 bits per heavy atom. The van der Waals surface area contributed by atoms with Crippen molar-refractivity contribution in [1.29, 1.82) is 0 Å². The van der Waals surface area contributed by atoms with Gasteiger partial charge >= 0.3 is 0 Å². The van der Waals surface area contributed by atoms with Crippen molar-refractivity contribution in [3.8, 4) is 0 Å². The molecule has 0 aromatic heterocycles. The highest BCUT2D eigenvalue weighted by molar-refractivity contribution is 6.36. The van der Waals surface area contributed by atoms with Crippen molar-refractivity contribution >= 4 is 17.6 Å². The zero-order valence-corrected chi connectivity index (χ0v) is 10.0. The fraction of sp³-hybridized carbons (Fsp3) is 0.727. The minimum Gasteiger partial charge on any atom is -0.339 e. The molecule has 0 atom stereocenters. The quantitative estimate of drug-likeness (QED) is 0.618. The summed E-state index contributed by atoms with van der Waals surface area (Å²) in [7, 11) is 0. The van der Waals surface area contributed by atoms with Crippen LogP contribution in [0.3, 0.4) is 0 Å². The Hall–Kier alpha value is -1.39. The number of carbonyl (C=O) groups excluding carboxylic acids is 3. The van der Waals surface area contributed by atoms with Crippen LogP contribution in [-0.4, -0.2) is 53.6 Å². The molecule has 0 aliphatic carbocycles. The summed E-state index contributed by atoms with van der Waals surface area (Å²) in [4.78, 5) is 37.5. The molecule has 1 aliphatic heterocycles. The number of hydrogen-bond acceptors (Lipinski definition) is 3. The molecule has 0 spiro atoms. The van der Waals surface area contributed by atoms with Crippen LogP contribution in [0.1, 0.15) is 20.8 Å². The molecule has 0 saturated carbocycles. The van der Waals surface area contributed by atoms with Crippen LogP contribution in [0, 0.1) is 5.92 Å². The summed E-state index contributed by atoms with van der Waals surface area (Å²) in [6.45, 7) is 6.89. The number of piperazine rings is 1. The van der Waals surface area contributed by atoms with Crippen molar-refractivity contribution in [2.75, 3.05) is 26.2 Å². The third-order valence-corrected chi connectivity index (χ3v) is 2.75. The number of amides is 2. The fourth-order valence-corrected chi connectivity index (χ4v) is 1.63. The molecule has 0 aromatic carbocycles. The van der Waals surface area contributed by atoms with E-state index in [4.69, 9.17) is 0 Å². The van der Waals surface area contributed by atoms with Crippen LogP contribution in [-0.2, 0) is 14.4 Å². The van der Waals surface area contributed by atoms with E-state index in [9.17, 15) is 14.4 Å². The van der Waals surface area contributed by atoms with Gasteiger partial charge in [0.1, 0.15) is 0 Å². The molecule has 16 heavy (non-hydrogen) atoms. The first-order chi connectivity index (χ1) is 7.43. The molecule has 0 aromatic rings. The molecule has 0 bridgehead atoms. The topological polar surface area (TPSA) is 57.7 Å². The molecule has 1 aliphatic rings. The second-order valence-electron chi connectivity index (χ2n) is 4.32. The minimum atomic E-state index is -0.418. The van der Waals surface area contributed by atoms with E-state index >= 15 is 0 Å². The van der Waals surface area contributed by atoms with Gasteiger partial charge in [-0.15, -0.1) is 0 Å². The van der Waals surface area contributed by atoms with Gasteiger partial charge in [0.05, 0.1) is 0 Å². The molecular formula is C11H18N2O3. The zero-order chi connectivity index (χ0) is 12.3. The lowest BCUT2D eigenvalue weighted by molar-refractivity contribution is -0.148. The van der Waals surface area contributed by atoms with Gasteiger partial charge in [-0.3, -0.25) is 14.4 Å². The van der Waals surface area contributed by atoms with Crippen LogP contribution in [0.2, 0.25) is 0 Å². The molecule has 90 valence electrons. The van der Waals surface area contributed by atoms with Gasteiger partial charge in [-0.2, -0.15) is 0 Å². The van der Waals surface area contributed by atoms with E-state index in [1.807, 2.05) is 0 Å². The molecule has 1 heterocycles. The lowest BCUT2D eigenvalue weighted by atomic mass is 10.1. The molecule has 1 saturated heterocycles. The first-order valence-corrected chi connectivity index (χ1v) is 5.52. The minimum absolute atomic E-state index is 0.0160. The van der Waals surface area contributed by atoms with Gasteiger partial charge in [0.2, 0.25) is 11.7 Å². The lowest BCUT2D eigenvalue weighted by Gasteiger charge is -2.34. The largest absolute Gasteiger partial charge is 0.339 e. The Labute approximate surface area is 95.4 Å². The molecular weight excluding hydrogens is 208 g/mol. The molecule has 0 N–H and O–H groups in total. The van der Waals surface area contributed by atoms with Crippen LogP contribution in [0.5, 0.6) is 0 Å². The Morgan fingerprint density at radius 1 is 0.938 bits per heavy atom. The number of hydrogen-bond donors (Lipinski definition) is 0. The van der Waals surface area contributed by atoms with Crippen molar-refractivity contribution in [2.24, 2.45) is 5.92 Å². The third kappa shape index (κ3) is 2.81. The molecule has 2 amide bonds. The van der Waals surface area contributed by atoms with Crippen molar-refractivity contribution < 1.29 is 14.4 Å². The maximum absolute atomic E-state index is 11.7. The van der Waals surface area contributed by atoms with Crippen molar-refractivity contribution in [2.45, 2.75) is 20.8 Å². The fourth-order valence-electron chi connectivity index (χ4n) is 1.63. The number of Topliss-reactive ketones (excluding diaryl/α,β-unsaturated/α-hetero) is 1. The molecule has 5 nitrogen and oxygen atoms in total. The van der Waals surface area contributed by atoms with Crippen LogP contribution >= 0.6 is 0 Å². The predicted molar refractivity (Wildman–Crippen MR) is 58.7 cm³/mol. The van der Waals surface area contributed by atoms with Crippen LogP contribution in [0.4, 0.5) is 0 Å². The van der Waals surface area contributed by atoms with Gasteiger partial charge in [-0.25, -0.2) is 0 Å². The van der Waals surface area contributed by atoms with Crippen LogP contribution < -0.4 is 0 Å². The van der Waals surface area contributed by atoms with Crippen molar-refractivity contribution in [3.05, 3.63) is 0 Å². The Balaban J connectivity index is 2.51. The number of ketones is 1. The summed E-state index contributed by atoms with van der Waals surface area (Å²) >= 11 is 0. The molecule has 0 radical (unpaired) electrons. The van der Waals surface area contributed by atoms with Gasteiger partial charge < -0.3 is 9.80 Å². The SMILES string of the molecule is CC(=O)N1CCN(C(=O)C(=O)C(C)C)CC1. The number of rotatable bonds is 2. The second-order valence-corrected chi connectivity index (χ2v) is 4.32. The van der Waals surface area contributed by atoms with E-state index in [2.05, 4.69) is 0 Å². The van der Waals surface area contributed by atoms with Gasteiger partial charge in [0.25, 0.3) is 5.91 Å². The van der Waals surface area contributed by atoms with E-state index in [1.165, 1.54) is 11.8 Å². The van der Waals surface area contributed by atoms with Crippen LogP contribution in [0.25, 0.3) is 0 Å². The van der Waals surface area contributed by atoms with Gasteiger partial charge in [0, 0.05) is 39.0 Å². The second kappa shape index (κ2) is 5.09. The number of carbonyl (C=O) groups is 3. The maximum Gasteiger partial charge on any atom is 0.290 e. The summed E-state index contributed by atoms with van der Waals surface area (Å²) in [6.07, 6.45) is 0. The monoisotopic (exact) mass is 226 g/mol. The van der Waals surface area contributed by atoms with Crippen molar-refractivity contribution in [3.63, 3.8) is 0 Å². The normalized spacial score (nSPS) is 16.5. The highest BCUT2D eigenvalue weighted by Crippen LogP contribution is 2.05. The summed E-state index contributed by atoms with van der Waals surface area (Å²) in [5.41, 5.74) is 0. The summed E-state index contributed by atoms with van der Waals surface area (Å²) in [6, 6.07) is 0. The van der Waals surface area contributed by atoms with E-state index in [-0.39, 0.29) is 17.6 Å². The predicted octanol–water partition coefficient (Wildman–Crippen LogP) is -0.0978. The van der Waals surface area contributed by atoms with E-state index in [1.54, 1.807) is 18.7 Å². The third-order valence-electron chi connectivity index (χ3n) is 2.75. The van der Waals surface area contributed by atoms with E-state index in [0.29, 0.717) is 26.2 Å². The average molecular weight is 226 g/mol. The lowest BCUT2D eigenvalue weighted by Crippen LogP contribution is -2.52. The Kier molecular flexibility index (Phi) is 4.04. The molecule has 5 heteroatoms. The van der Waals surface area contributed by atoms with Gasteiger partial charge in [-0.1, -0.05) is 13.8 Å². The standard InChI is InChI=1S/C11H18N2O3/c1-8(2)10(15)11(16)13-6-4-12(5-7-13)9(3)14/h8H,4-7H2,1-3H3.